The van der Waals surface area contributed by atoms with Crippen molar-refractivity contribution < 1.29 is 9.84 Å². The highest BCUT2D eigenvalue weighted by atomic mass is 16.5. The summed E-state index contributed by atoms with van der Waals surface area (Å²) >= 11 is 0. The second-order valence-electron chi connectivity index (χ2n) is 4.91. The Morgan fingerprint density at radius 1 is 1.24 bits per heavy atom. The van der Waals surface area contributed by atoms with E-state index < -0.39 is 0 Å². The van der Waals surface area contributed by atoms with Crippen LogP contribution in [0.3, 0.4) is 0 Å². The minimum absolute atomic E-state index is 0.0510. The lowest BCUT2D eigenvalue weighted by Crippen LogP contribution is -2.41. The van der Waals surface area contributed by atoms with Crippen LogP contribution in [0.25, 0.3) is 0 Å². The maximum absolute atomic E-state index is 9.17. The van der Waals surface area contributed by atoms with E-state index in [0.29, 0.717) is 0 Å². The molecule has 1 saturated heterocycles. The first kappa shape index (κ1) is 12.6. The number of hydrogen-bond donors (Lipinski definition) is 2. The first-order valence-corrected chi connectivity index (χ1v) is 6.26. The average molecular weight is 235 g/mol. The highest BCUT2D eigenvalue weighted by Crippen LogP contribution is 2.38. The molecule has 1 heterocycles. The molecule has 3 heteroatoms. The van der Waals surface area contributed by atoms with Crippen LogP contribution in [0, 0.1) is 0 Å². The van der Waals surface area contributed by atoms with Crippen LogP contribution in [0.5, 0.6) is 0 Å². The fourth-order valence-corrected chi connectivity index (χ4v) is 2.73. The van der Waals surface area contributed by atoms with Gasteiger partial charge in [-0.2, -0.15) is 0 Å². The van der Waals surface area contributed by atoms with Gasteiger partial charge in [0.05, 0.1) is 6.61 Å². The van der Waals surface area contributed by atoms with Gasteiger partial charge in [-0.05, 0) is 24.8 Å². The van der Waals surface area contributed by atoms with Gasteiger partial charge in [-0.15, -0.1) is 0 Å². The van der Waals surface area contributed by atoms with E-state index in [0.717, 1.165) is 32.5 Å². The Morgan fingerprint density at radius 3 is 2.47 bits per heavy atom. The van der Waals surface area contributed by atoms with Gasteiger partial charge in [0, 0.05) is 24.7 Å². The van der Waals surface area contributed by atoms with Gasteiger partial charge < -0.3 is 15.6 Å². The molecule has 1 atom stereocenters. The zero-order valence-electron chi connectivity index (χ0n) is 10.1. The highest BCUT2D eigenvalue weighted by Gasteiger charge is 2.35. The lowest BCUT2D eigenvalue weighted by molar-refractivity contribution is 0.0416. The number of benzene rings is 1. The molecular formula is C14H21NO2. The summed E-state index contributed by atoms with van der Waals surface area (Å²) < 4.78 is 5.46. The van der Waals surface area contributed by atoms with Crippen LogP contribution in [0.1, 0.15) is 24.8 Å². The topological polar surface area (TPSA) is 55.5 Å². The number of aliphatic hydroxyl groups is 1. The summed E-state index contributed by atoms with van der Waals surface area (Å²) in [4.78, 5) is 0. The van der Waals surface area contributed by atoms with Crippen LogP contribution in [0.15, 0.2) is 30.3 Å². The molecule has 3 nitrogen and oxygen atoms in total. The summed E-state index contributed by atoms with van der Waals surface area (Å²) in [6, 6.07) is 10.3. The molecule has 2 rings (SSSR count). The number of nitrogens with two attached hydrogens (primary N) is 1. The zero-order valence-corrected chi connectivity index (χ0v) is 10.1. The summed E-state index contributed by atoms with van der Waals surface area (Å²) in [7, 11) is 0. The van der Waals surface area contributed by atoms with Crippen LogP contribution < -0.4 is 5.73 Å². The van der Waals surface area contributed by atoms with Crippen LogP contribution in [-0.4, -0.2) is 31.0 Å². The lowest BCUT2D eigenvalue weighted by atomic mass is 9.70. The Balaban J connectivity index is 2.23. The molecule has 0 spiro atoms. The standard InChI is InChI=1S/C14H21NO2/c15-13(11-16)10-14(6-8-17-9-7-14)12-4-2-1-3-5-12/h1-5,13,16H,6-11,15H2. The molecule has 0 aromatic heterocycles. The quantitative estimate of drug-likeness (QED) is 0.830. The number of rotatable bonds is 4. The molecule has 94 valence electrons. The smallest absolute Gasteiger partial charge is 0.0582 e. The van der Waals surface area contributed by atoms with Gasteiger partial charge in [0.15, 0.2) is 0 Å². The number of aliphatic hydroxyl groups excluding tert-OH is 1. The van der Waals surface area contributed by atoms with E-state index in [1.54, 1.807) is 0 Å². The molecule has 1 aromatic carbocycles. The Labute approximate surface area is 103 Å². The average Bonchev–Trinajstić information content (AvgIpc) is 2.40. The maximum atomic E-state index is 9.17. The summed E-state index contributed by atoms with van der Waals surface area (Å²) in [6.45, 7) is 1.62. The third-order valence-electron chi connectivity index (χ3n) is 3.72. The van der Waals surface area contributed by atoms with Crippen molar-refractivity contribution in [2.75, 3.05) is 19.8 Å². The minimum Gasteiger partial charge on any atom is -0.395 e. The molecule has 3 N–H and O–H groups in total. The van der Waals surface area contributed by atoms with Crippen molar-refractivity contribution in [3.05, 3.63) is 35.9 Å². The zero-order chi connectivity index (χ0) is 12.1. The second kappa shape index (κ2) is 5.63. The monoisotopic (exact) mass is 235 g/mol. The van der Waals surface area contributed by atoms with E-state index in [-0.39, 0.29) is 18.1 Å². The molecule has 1 aliphatic heterocycles. The molecule has 0 amide bonds. The van der Waals surface area contributed by atoms with Gasteiger partial charge in [-0.25, -0.2) is 0 Å². The molecule has 1 aromatic rings. The van der Waals surface area contributed by atoms with Crippen LogP contribution in [-0.2, 0) is 10.2 Å². The second-order valence-corrected chi connectivity index (χ2v) is 4.91. The number of hydrogen-bond acceptors (Lipinski definition) is 3. The summed E-state index contributed by atoms with van der Waals surface area (Å²) in [6.07, 6.45) is 2.81. The van der Waals surface area contributed by atoms with Gasteiger partial charge in [-0.1, -0.05) is 30.3 Å². The summed E-state index contributed by atoms with van der Waals surface area (Å²) in [5.74, 6) is 0. The van der Waals surface area contributed by atoms with Gasteiger partial charge in [0.2, 0.25) is 0 Å². The van der Waals surface area contributed by atoms with E-state index in [4.69, 9.17) is 10.5 Å². The fourth-order valence-electron chi connectivity index (χ4n) is 2.73. The van der Waals surface area contributed by atoms with Crippen LogP contribution in [0.2, 0.25) is 0 Å². The molecule has 1 aliphatic rings. The van der Waals surface area contributed by atoms with Crippen molar-refractivity contribution in [3.63, 3.8) is 0 Å². The normalized spacial score (nSPS) is 21.1. The van der Waals surface area contributed by atoms with E-state index in [2.05, 4.69) is 24.3 Å². The lowest BCUT2D eigenvalue weighted by Gasteiger charge is -2.39. The molecular weight excluding hydrogens is 214 g/mol. The Kier molecular flexibility index (Phi) is 4.15. The van der Waals surface area contributed by atoms with Crippen molar-refractivity contribution in [2.45, 2.75) is 30.7 Å². The summed E-state index contributed by atoms with van der Waals surface area (Å²) in [5.41, 5.74) is 7.35. The van der Waals surface area contributed by atoms with E-state index >= 15 is 0 Å². The van der Waals surface area contributed by atoms with Crippen LogP contribution >= 0.6 is 0 Å². The molecule has 0 aliphatic carbocycles. The van der Waals surface area contributed by atoms with E-state index in [1.807, 2.05) is 6.07 Å². The van der Waals surface area contributed by atoms with E-state index in [1.165, 1.54) is 5.56 Å². The third-order valence-corrected chi connectivity index (χ3v) is 3.72. The predicted molar refractivity (Wildman–Crippen MR) is 67.9 cm³/mol. The van der Waals surface area contributed by atoms with Gasteiger partial charge in [0.25, 0.3) is 0 Å². The van der Waals surface area contributed by atoms with E-state index in [9.17, 15) is 5.11 Å². The van der Waals surface area contributed by atoms with Gasteiger partial charge in [-0.3, -0.25) is 0 Å². The van der Waals surface area contributed by atoms with Crippen molar-refractivity contribution in [1.82, 2.24) is 0 Å². The Hall–Kier alpha value is -0.900. The Morgan fingerprint density at radius 2 is 1.88 bits per heavy atom. The van der Waals surface area contributed by atoms with Crippen molar-refractivity contribution in [2.24, 2.45) is 5.73 Å². The van der Waals surface area contributed by atoms with Crippen molar-refractivity contribution in [1.29, 1.82) is 0 Å². The molecule has 1 fully saturated rings. The predicted octanol–water partition coefficient (Wildman–Crippen LogP) is 1.44. The summed E-state index contributed by atoms with van der Waals surface area (Å²) in [5, 5.41) is 9.17. The Bertz CT molecular complexity index is 333. The first-order chi connectivity index (χ1) is 8.27. The number of ether oxygens (including phenoxy) is 1. The molecule has 1 unspecified atom stereocenters. The fraction of sp³-hybridized carbons (Fsp3) is 0.571. The minimum atomic E-state index is -0.145. The van der Waals surface area contributed by atoms with Crippen molar-refractivity contribution in [3.8, 4) is 0 Å². The van der Waals surface area contributed by atoms with Gasteiger partial charge in [0.1, 0.15) is 0 Å². The van der Waals surface area contributed by atoms with Crippen LogP contribution in [0.4, 0.5) is 0 Å². The molecule has 17 heavy (non-hydrogen) atoms. The highest BCUT2D eigenvalue weighted by molar-refractivity contribution is 5.26. The molecule has 0 radical (unpaired) electrons. The largest absolute Gasteiger partial charge is 0.395 e. The third kappa shape index (κ3) is 2.86. The molecule has 0 bridgehead atoms. The SMILES string of the molecule is NC(CO)CC1(c2ccccc2)CCOCC1. The first-order valence-electron chi connectivity index (χ1n) is 6.26. The van der Waals surface area contributed by atoms with Gasteiger partial charge >= 0.3 is 0 Å². The maximum Gasteiger partial charge on any atom is 0.0582 e. The van der Waals surface area contributed by atoms with Crippen molar-refractivity contribution >= 4 is 0 Å². The molecule has 0 saturated carbocycles.